The van der Waals surface area contributed by atoms with Gasteiger partial charge in [-0.2, -0.15) is 0 Å². The van der Waals surface area contributed by atoms with Gasteiger partial charge >= 0.3 is 0 Å². The number of Topliss-reactive ketones (excluding diaryl/α,β-unsaturated/α-hetero) is 1. The molecule has 3 nitrogen and oxygen atoms in total. The largest absolute Gasteiger partial charge is 0.309 e. The number of aromatic nitrogens is 1. The summed E-state index contributed by atoms with van der Waals surface area (Å²) in [5.41, 5.74) is 0.910. The normalized spacial score (nSPS) is 12.7. The molecule has 0 radical (unpaired) electrons. The Bertz CT molecular complexity index is 335. The van der Waals surface area contributed by atoms with E-state index in [-0.39, 0.29) is 5.92 Å². The molecule has 0 N–H and O–H groups in total. The molecule has 1 rings (SSSR count). The average Bonchev–Trinajstić information content (AvgIpc) is 2.30. The lowest BCUT2D eigenvalue weighted by molar-refractivity contribution is -0.120. The van der Waals surface area contributed by atoms with Gasteiger partial charge in [0.15, 0.2) is 0 Å². The van der Waals surface area contributed by atoms with E-state index in [1.54, 1.807) is 6.20 Å². The van der Waals surface area contributed by atoms with Crippen LogP contribution in [0.3, 0.4) is 0 Å². The quantitative estimate of drug-likeness (QED) is 0.726. The van der Waals surface area contributed by atoms with Gasteiger partial charge in [0, 0.05) is 12.6 Å². The second-order valence-electron chi connectivity index (χ2n) is 4.62. The van der Waals surface area contributed by atoms with Gasteiger partial charge in [0.05, 0.1) is 11.6 Å². The number of nitrogens with zero attached hydrogens (tertiary/aromatic N) is 2. The van der Waals surface area contributed by atoms with E-state index in [9.17, 15) is 4.79 Å². The highest BCUT2D eigenvalue weighted by Gasteiger charge is 2.20. The first-order chi connectivity index (χ1) is 8.15. The van der Waals surface area contributed by atoms with Crippen LogP contribution in [0.4, 0.5) is 0 Å². The first kappa shape index (κ1) is 13.8. The van der Waals surface area contributed by atoms with Gasteiger partial charge in [-0.1, -0.05) is 13.0 Å². The van der Waals surface area contributed by atoms with E-state index in [4.69, 9.17) is 0 Å². The zero-order valence-electron chi connectivity index (χ0n) is 11.0. The molecule has 0 unspecified atom stereocenters. The predicted molar refractivity (Wildman–Crippen MR) is 70.1 cm³/mol. The second-order valence-corrected chi connectivity index (χ2v) is 4.62. The smallest absolute Gasteiger partial charge is 0.141 e. The fourth-order valence-corrected chi connectivity index (χ4v) is 1.86. The van der Waals surface area contributed by atoms with Crippen molar-refractivity contribution in [1.82, 2.24) is 9.88 Å². The highest BCUT2D eigenvalue weighted by Crippen LogP contribution is 2.20. The molecule has 0 spiro atoms. The molecule has 1 aromatic heterocycles. The van der Waals surface area contributed by atoms with Crippen LogP contribution in [0.25, 0.3) is 0 Å². The van der Waals surface area contributed by atoms with E-state index in [0.717, 1.165) is 25.1 Å². The number of hydrogen-bond donors (Lipinski definition) is 0. The maximum atomic E-state index is 12.1. The monoisotopic (exact) mass is 234 g/mol. The first-order valence-corrected chi connectivity index (χ1v) is 6.23. The van der Waals surface area contributed by atoms with Gasteiger partial charge in [-0.05, 0) is 45.6 Å². The molecule has 0 saturated carbocycles. The van der Waals surface area contributed by atoms with Crippen molar-refractivity contribution in [2.45, 2.75) is 32.1 Å². The number of hydrogen-bond acceptors (Lipinski definition) is 3. The van der Waals surface area contributed by atoms with Crippen molar-refractivity contribution < 1.29 is 4.79 Å². The standard InChI is InChI=1S/C14H22N2O/c1-4-7-14(17)12(9-11-16(2)3)13-8-5-6-10-15-13/h5-6,8,10,12H,4,7,9,11H2,1-3H3/t12-/m0/s1. The lowest BCUT2D eigenvalue weighted by Gasteiger charge is -2.17. The Kier molecular flexibility index (Phi) is 5.84. The zero-order chi connectivity index (χ0) is 12.7. The molecular weight excluding hydrogens is 212 g/mol. The maximum absolute atomic E-state index is 12.1. The Hall–Kier alpha value is -1.22. The van der Waals surface area contributed by atoms with Crippen LogP contribution in [-0.4, -0.2) is 36.3 Å². The molecule has 0 aromatic carbocycles. The molecule has 0 bridgehead atoms. The molecule has 0 saturated heterocycles. The molecule has 1 aromatic rings. The van der Waals surface area contributed by atoms with Crippen molar-refractivity contribution in [1.29, 1.82) is 0 Å². The Morgan fingerprint density at radius 1 is 1.41 bits per heavy atom. The van der Waals surface area contributed by atoms with Gasteiger partial charge in [-0.25, -0.2) is 0 Å². The summed E-state index contributed by atoms with van der Waals surface area (Å²) in [7, 11) is 4.06. The molecule has 94 valence electrons. The first-order valence-electron chi connectivity index (χ1n) is 6.23. The van der Waals surface area contributed by atoms with Crippen LogP contribution in [0.5, 0.6) is 0 Å². The van der Waals surface area contributed by atoms with Crippen LogP contribution < -0.4 is 0 Å². The van der Waals surface area contributed by atoms with Crippen LogP contribution in [0, 0.1) is 0 Å². The van der Waals surface area contributed by atoms with Crippen LogP contribution in [-0.2, 0) is 4.79 Å². The zero-order valence-corrected chi connectivity index (χ0v) is 11.0. The number of rotatable bonds is 7. The van der Waals surface area contributed by atoms with Crippen molar-refractivity contribution in [2.75, 3.05) is 20.6 Å². The molecule has 0 fully saturated rings. The molecule has 1 atom stereocenters. The number of pyridine rings is 1. The van der Waals surface area contributed by atoms with Crippen molar-refractivity contribution >= 4 is 5.78 Å². The van der Waals surface area contributed by atoms with Crippen molar-refractivity contribution in [3.63, 3.8) is 0 Å². The Labute approximate surface area is 104 Å². The average molecular weight is 234 g/mol. The topological polar surface area (TPSA) is 33.2 Å². The minimum Gasteiger partial charge on any atom is -0.309 e. The van der Waals surface area contributed by atoms with Crippen molar-refractivity contribution in [3.8, 4) is 0 Å². The SMILES string of the molecule is CCCC(=O)[C@@H](CCN(C)C)c1ccccn1. The Morgan fingerprint density at radius 2 is 2.18 bits per heavy atom. The van der Waals surface area contributed by atoms with Crippen LogP contribution >= 0.6 is 0 Å². The molecule has 17 heavy (non-hydrogen) atoms. The third-order valence-corrected chi connectivity index (χ3v) is 2.79. The summed E-state index contributed by atoms with van der Waals surface area (Å²) in [6.07, 6.45) is 4.17. The van der Waals surface area contributed by atoms with E-state index in [1.165, 1.54) is 0 Å². The Balaban J connectivity index is 2.75. The number of carbonyl (C=O) groups is 1. The number of ketones is 1. The maximum Gasteiger partial charge on any atom is 0.141 e. The van der Waals surface area contributed by atoms with E-state index in [1.807, 2.05) is 39.2 Å². The third kappa shape index (κ3) is 4.65. The Morgan fingerprint density at radius 3 is 2.71 bits per heavy atom. The lowest BCUT2D eigenvalue weighted by Crippen LogP contribution is -2.21. The second kappa shape index (κ2) is 7.17. The van der Waals surface area contributed by atoms with Gasteiger partial charge in [-0.15, -0.1) is 0 Å². The van der Waals surface area contributed by atoms with Crippen molar-refractivity contribution in [3.05, 3.63) is 30.1 Å². The third-order valence-electron chi connectivity index (χ3n) is 2.79. The van der Waals surface area contributed by atoms with Gasteiger partial charge in [0.1, 0.15) is 5.78 Å². The number of carbonyl (C=O) groups excluding carboxylic acids is 1. The molecular formula is C14H22N2O. The van der Waals surface area contributed by atoms with Crippen LogP contribution in [0.1, 0.15) is 37.8 Å². The van der Waals surface area contributed by atoms with Gasteiger partial charge in [0.2, 0.25) is 0 Å². The van der Waals surface area contributed by atoms with Crippen molar-refractivity contribution in [2.24, 2.45) is 0 Å². The fraction of sp³-hybridized carbons (Fsp3) is 0.571. The molecule has 0 aliphatic heterocycles. The summed E-state index contributed by atoms with van der Waals surface area (Å²) in [6, 6.07) is 5.79. The van der Waals surface area contributed by atoms with E-state index >= 15 is 0 Å². The van der Waals surface area contributed by atoms with E-state index in [2.05, 4.69) is 9.88 Å². The van der Waals surface area contributed by atoms with E-state index in [0.29, 0.717) is 12.2 Å². The van der Waals surface area contributed by atoms with Crippen LogP contribution in [0.15, 0.2) is 24.4 Å². The highest BCUT2D eigenvalue weighted by molar-refractivity contribution is 5.85. The predicted octanol–water partition coefficient (Wildman–Crippen LogP) is 2.49. The highest BCUT2D eigenvalue weighted by atomic mass is 16.1. The fourth-order valence-electron chi connectivity index (χ4n) is 1.86. The molecule has 0 amide bonds. The summed E-state index contributed by atoms with van der Waals surface area (Å²) >= 11 is 0. The van der Waals surface area contributed by atoms with E-state index < -0.39 is 0 Å². The molecule has 0 aliphatic carbocycles. The minimum atomic E-state index is -0.0430. The van der Waals surface area contributed by atoms with Gasteiger partial charge in [-0.3, -0.25) is 9.78 Å². The summed E-state index contributed by atoms with van der Waals surface area (Å²) in [5.74, 6) is 0.270. The van der Waals surface area contributed by atoms with Crippen LogP contribution in [0.2, 0.25) is 0 Å². The molecule has 0 aliphatic rings. The summed E-state index contributed by atoms with van der Waals surface area (Å²) < 4.78 is 0. The minimum absolute atomic E-state index is 0.0430. The van der Waals surface area contributed by atoms with Gasteiger partial charge < -0.3 is 4.90 Å². The molecule has 1 heterocycles. The summed E-state index contributed by atoms with van der Waals surface area (Å²) in [4.78, 5) is 18.5. The summed E-state index contributed by atoms with van der Waals surface area (Å²) in [5, 5.41) is 0. The molecule has 3 heteroatoms. The van der Waals surface area contributed by atoms with Gasteiger partial charge in [0.25, 0.3) is 0 Å². The lowest BCUT2D eigenvalue weighted by atomic mass is 9.93. The summed E-state index contributed by atoms with van der Waals surface area (Å²) in [6.45, 7) is 2.95.